The predicted molar refractivity (Wildman–Crippen MR) is 65.6 cm³/mol. The number of anilines is 1. The van der Waals surface area contributed by atoms with E-state index in [4.69, 9.17) is 0 Å². The van der Waals surface area contributed by atoms with Gasteiger partial charge in [0.2, 0.25) is 0 Å². The zero-order valence-corrected chi connectivity index (χ0v) is 9.38. The van der Waals surface area contributed by atoms with E-state index in [1.807, 2.05) is 6.20 Å². The van der Waals surface area contributed by atoms with Crippen molar-refractivity contribution in [2.75, 3.05) is 11.9 Å². The van der Waals surface area contributed by atoms with Gasteiger partial charge in [-0.05, 0) is 24.1 Å². The van der Waals surface area contributed by atoms with Gasteiger partial charge in [-0.1, -0.05) is 13.0 Å². The molecule has 0 saturated carbocycles. The average molecular weight is 213 g/mol. The second kappa shape index (κ2) is 3.67. The first kappa shape index (κ1) is 9.46. The third kappa shape index (κ3) is 1.40. The minimum atomic E-state index is 0.966. The lowest BCUT2D eigenvalue weighted by atomic mass is 10.0. The van der Waals surface area contributed by atoms with Crippen LogP contribution < -0.4 is 5.32 Å². The maximum absolute atomic E-state index is 4.15. The van der Waals surface area contributed by atoms with E-state index in [0.29, 0.717) is 0 Å². The number of aryl methyl sites for hydroxylation is 1. The van der Waals surface area contributed by atoms with Crippen LogP contribution in [-0.2, 0) is 12.8 Å². The van der Waals surface area contributed by atoms with Gasteiger partial charge in [-0.15, -0.1) is 0 Å². The van der Waals surface area contributed by atoms with Gasteiger partial charge in [0, 0.05) is 35.5 Å². The summed E-state index contributed by atoms with van der Waals surface area (Å²) >= 11 is 0. The van der Waals surface area contributed by atoms with Crippen LogP contribution in [-0.4, -0.2) is 16.7 Å². The van der Waals surface area contributed by atoms with E-state index in [2.05, 4.69) is 40.6 Å². The normalized spacial score (nSPS) is 13.6. The Balaban J connectivity index is 2.21. The molecule has 1 aromatic carbocycles. The summed E-state index contributed by atoms with van der Waals surface area (Å²) < 4.78 is 0. The van der Waals surface area contributed by atoms with E-state index in [-0.39, 0.29) is 0 Å². The van der Waals surface area contributed by atoms with Gasteiger partial charge in [0.1, 0.15) is 0 Å². The Bertz CT molecular complexity index is 514. The van der Waals surface area contributed by atoms with Crippen molar-refractivity contribution in [1.29, 1.82) is 0 Å². The minimum Gasteiger partial charge on any atom is -0.384 e. The number of aromatic nitrogens is 2. The van der Waals surface area contributed by atoms with Gasteiger partial charge in [-0.3, -0.25) is 5.10 Å². The molecule has 2 heterocycles. The van der Waals surface area contributed by atoms with Crippen molar-refractivity contribution in [1.82, 2.24) is 10.2 Å². The van der Waals surface area contributed by atoms with Gasteiger partial charge in [0.25, 0.3) is 0 Å². The number of rotatable bonds is 1. The molecule has 0 spiro atoms. The Kier molecular flexibility index (Phi) is 2.17. The largest absolute Gasteiger partial charge is 0.384 e. The summed E-state index contributed by atoms with van der Waals surface area (Å²) in [5.41, 5.74) is 6.35. The molecule has 0 bridgehead atoms. The highest BCUT2D eigenvalue weighted by Crippen LogP contribution is 2.33. The Hall–Kier alpha value is -1.77. The molecule has 3 nitrogen and oxygen atoms in total. The molecular weight excluding hydrogens is 198 g/mol. The van der Waals surface area contributed by atoms with E-state index in [9.17, 15) is 0 Å². The van der Waals surface area contributed by atoms with Crippen molar-refractivity contribution in [3.05, 3.63) is 35.7 Å². The van der Waals surface area contributed by atoms with Crippen LogP contribution in [0.4, 0.5) is 5.69 Å². The minimum absolute atomic E-state index is 0.966. The van der Waals surface area contributed by atoms with Crippen LogP contribution >= 0.6 is 0 Å². The van der Waals surface area contributed by atoms with Gasteiger partial charge in [-0.25, -0.2) is 0 Å². The molecule has 3 rings (SSSR count). The molecule has 0 radical (unpaired) electrons. The van der Waals surface area contributed by atoms with E-state index >= 15 is 0 Å². The summed E-state index contributed by atoms with van der Waals surface area (Å²) in [5, 5.41) is 10.7. The Morgan fingerprint density at radius 1 is 1.31 bits per heavy atom. The molecule has 2 N–H and O–H groups in total. The summed E-state index contributed by atoms with van der Waals surface area (Å²) in [5.74, 6) is 0. The number of hydrogen-bond acceptors (Lipinski definition) is 2. The van der Waals surface area contributed by atoms with E-state index in [0.717, 1.165) is 19.4 Å². The Morgan fingerprint density at radius 2 is 2.25 bits per heavy atom. The summed E-state index contributed by atoms with van der Waals surface area (Å²) in [7, 11) is 0. The zero-order valence-electron chi connectivity index (χ0n) is 9.38. The van der Waals surface area contributed by atoms with Gasteiger partial charge >= 0.3 is 0 Å². The first-order valence-electron chi connectivity index (χ1n) is 5.78. The quantitative estimate of drug-likeness (QED) is 0.764. The van der Waals surface area contributed by atoms with Crippen molar-refractivity contribution >= 4 is 5.69 Å². The SMILES string of the molecule is CCc1ccc2c(c1)-c1cn[nH]c1CCN2. The number of H-pyrrole nitrogens is 1. The van der Waals surface area contributed by atoms with Crippen LogP contribution in [0.5, 0.6) is 0 Å². The summed E-state index contributed by atoms with van der Waals surface area (Å²) in [6.45, 7) is 3.15. The smallest absolute Gasteiger partial charge is 0.0569 e. The Labute approximate surface area is 94.9 Å². The highest BCUT2D eigenvalue weighted by molar-refractivity contribution is 5.80. The van der Waals surface area contributed by atoms with Gasteiger partial charge in [-0.2, -0.15) is 5.10 Å². The van der Waals surface area contributed by atoms with Crippen molar-refractivity contribution < 1.29 is 0 Å². The topological polar surface area (TPSA) is 40.7 Å². The molecule has 1 aliphatic rings. The molecule has 16 heavy (non-hydrogen) atoms. The van der Waals surface area contributed by atoms with Crippen LogP contribution in [0.2, 0.25) is 0 Å². The highest BCUT2D eigenvalue weighted by Gasteiger charge is 2.15. The van der Waals surface area contributed by atoms with E-state index < -0.39 is 0 Å². The zero-order chi connectivity index (χ0) is 11.0. The maximum Gasteiger partial charge on any atom is 0.0569 e. The standard InChI is InChI=1S/C13H15N3/c1-2-9-3-4-12-10(7-9)11-8-15-16-13(11)5-6-14-12/h3-4,7-8,14H,2,5-6H2,1H3,(H,15,16). The molecule has 2 aromatic rings. The predicted octanol–water partition coefficient (Wildman–Crippen LogP) is 2.61. The van der Waals surface area contributed by atoms with Crippen LogP contribution in [0.1, 0.15) is 18.2 Å². The molecule has 1 aliphatic heterocycles. The van der Waals surface area contributed by atoms with Crippen LogP contribution in [0, 0.1) is 0 Å². The number of benzene rings is 1. The third-order valence-electron chi connectivity index (χ3n) is 3.19. The monoisotopic (exact) mass is 213 g/mol. The maximum atomic E-state index is 4.15. The van der Waals surface area contributed by atoms with Gasteiger partial charge in [0.05, 0.1) is 6.20 Å². The van der Waals surface area contributed by atoms with E-state index in [1.54, 1.807) is 0 Å². The third-order valence-corrected chi connectivity index (χ3v) is 3.19. The van der Waals surface area contributed by atoms with Gasteiger partial charge < -0.3 is 5.32 Å². The molecular formula is C13H15N3. The molecule has 0 amide bonds. The lowest BCUT2D eigenvalue weighted by molar-refractivity contribution is 0.936. The number of nitrogens with zero attached hydrogens (tertiary/aromatic N) is 1. The Morgan fingerprint density at radius 3 is 3.12 bits per heavy atom. The van der Waals surface area contributed by atoms with Crippen LogP contribution in [0.3, 0.4) is 0 Å². The van der Waals surface area contributed by atoms with E-state index in [1.165, 1.54) is 28.1 Å². The fourth-order valence-electron chi connectivity index (χ4n) is 2.25. The molecule has 0 aliphatic carbocycles. The summed E-state index contributed by atoms with van der Waals surface area (Å²) in [6.07, 6.45) is 4.01. The summed E-state index contributed by atoms with van der Waals surface area (Å²) in [4.78, 5) is 0. The second-order valence-corrected chi connectivity index (χ2v) is 4.17. The number of nitrogens with one attached hydrogen (secondary N) is 2. The molecule has 0 fully saturated rings. The fraction of sp³-hybridized carbons (Fsp3) is 0.308. The molecule has 0 atom stereocenters. The van der Waals surface area contributed by atoms with Crippen molar-refractivity contribution in [2.45, 2.75) is 19.8 Å². The fourth-order valence-corrected chi connectivity index (χ4v) is 2.25. The first-order valence-corrected chi connectivity index (χ1v) is 5.78. The van der Waals surface area contributed by atoms with Crippen molar-refractivity contribution in [2.24, 2.45) is 0 Å². The first-order chi connectivity index (χ1) is 7.88. The molecule has 82 valence electrons. The number of fused-ring (bicyclic) bond motifs is 3. The molecule has 0 unspecified atom stereocenters. The van der Waals surface area contributed by atoms with Crippen LogP contribution in [0.15, 0.2) is 24.4 Å². The van der Waals surface area contributed by atoms with Gasteiger partial charge in [0.15, 0.2) is 0 Å². The summed E-state index contributed by atoms with van der Waals surface area (Å²) in [6, 6.07) is 6.63. The number of hydrogen-bond donors (Lipinski definition) is 2. The van der Waals surface area contributed by atoms with Crippen molar-refractivity contribution in [3.63, 3.8) is 0 Å². The molecule has 1 aromatic heterocycles. The lowest BCUT2D eigenvalue weighted by Gasteiger charge is -2.09. The average Bonchev–Trinajstić information content (AvgIpc) is 2.71. The second-order valence-electron chi connectivity index (χ2n) is 4.17. The van der Waals surface area contributed by atoms with Crippen LogP contribution in [0.25, 0.3) is 11.1 Å². The molecule has 3 heteroatoms. The molecule has 0 saturated heterocycles. The van der Waals surface area contributed by atoms with Crippen molar-refractivity contribution in [3.8, 4) is 11.1 Å². The lowest BCUT2D eigenvalue weighted by Crippen LogP contribution is -2.02. The highest BCUT2D eigenvalue weighted by atomic mass is 15.1. The number of aromatic amines is 1.